The van der Waals surface area contributed by atoms with Gasteiger partial charge >= 0.3 is 0 Å². The first-order valence-electron chi connectivity index (χ1n) is 5.77. The molecule has 1 amide bonds. The molecule has 0 spiro atoms. The second kappa shape index (κ2) is 5.71. The zero-order valence-electron chi connectivity index (χ0n) is 11.2. The molecule has 1 rings (SSSR count). The number of likely N-dealkylation sites (N-methyl/N-ethyl adjacent to an activating group) is 1. The maximum atomic E-state index is 11.9. The summed E-state index contributed by atoms with van der Waals surface area (Å²) >= 11 is 5.82. The third-order valence-corrected chi connectivity index (χ3v) is 2.87. The molecule has 0 bridgehead atoms. The molecule has 0 saturated heterocycles. The molecule has 0 unspecified atom stereocenters. The maximum absolute atomic E-state index is 11.9. The van der Waals surface area contributed by atoms with E-state index in [-0.39, 0.29) is 11.1 Å². The molecule has 0 aromatic carbocycles. The Bertz CT molecular complexity index is 404. The topological polar surface area (TPSA) is 66.6 Å². The van der Waals surface area contributed by atoms with E-state index in [1.54, 1.807) is 27.8 Å². The zero-order valence-corrected chi connectivity index (χ0v) is 11.9. The van der Waals surface area contributed by atoms with Crippen LogP contribution in [0.5, 0.6) is 0 Å². The smallest absolute Gasteiger partial charge is 0.229 e. The van der Waals surface area contributed by atoms with Gasteiger partial charge in [0.1, 0.15) is 0 Å². The van der Waals surface area contributed by atoms with E-state index in [2.05, 4.69) is 5.16 Å². The minimum Gasteiger partial charge on any atom is -0.389 e. The van der Waals surface area contributed by atoms with Gasteiger partial charge in [0, 0.05) is 25.6 Å². The Morgan fingerprint density at radius 2 is 2.17 bits per heavy atom. The lowest BCUT2D eigenvalue weighted by Gasteiger charge is -2.25. The van der Waals surface area contributed by atoms with Crippen molar-refractivity contribution >= 4 is 17.5 Å². The molecule has 1 N–H and O–H groups in total. The average molecular weight is 275 g/mol. The first-order chi connectivity index (χ1) is 8.20. The number of aromatic nitrogens is 1. The van der Waals surface area contributed by atoms with Gasteiger partial charge in [-0.3, -0.25) is 4.79 Å². The minimum absolute atomic E-state index is 0.0474. The van der Waals surface area contributed by atoms with E-state index >= 15 is 0 Å². The SMILES string of the molecule is Cc1noc(Cl)c1CCC(=O)N(C)CC(C)(C)O. The molecule has 1 aromatic heterocycles. The quantitative estimate of drug-likeness (QED) is 0.889. The third kappa shape index (κ3) is 4.31. The summed E-state index contributed by atoms with van der Waals surface area (Å²) in [7, 11) is 1.67. The van der Waals surface area contributed by atoms with Crippen molar-refractivity contribution in [3.05, 3.63) is 16.5 Å². The number of amides is 1. The fourth-order valence-electron chi connectivity index (χ4n) is 1.73. The van der Waals surface area contributed by atoms with Gasteiger partial charge < -0.3 is 14.5 Å². The fourth-order valence-corrected chi connectivity index (χ4v) is 2.00. The monoisotopic (exact) mass is 274 g/mol. The molecule has 102 valence electrons. The van der Waals surface area contributed by atoms with Crippen LogP contribution in [0.15, 0.2) is 4.52 Å². The van der Waals surface area contributed by atoms with E-state index in [4.69, 9.17) is 16.1 Å². The van der Waals surface area contributed by atoms with Crippen LogP contribution in [-0.2, 0) is 11.2 Å². The largest absolute Gasteiger partial charge is 0.389 e. The zero-order chi connectivity index (χ0) is 13.9. The molecule has 0 radical (unpaired) electrons. The van der Waals surface area contributed by atoms with Crippen LogP contribution >= 0.6 is 11.6 Å². The van der Waals surface area contributed by atoms with Crippen LogP contribution in [0.25, 0.3) is 0 Å². The summed E-state index contributed by atoms with van der Waals surface area (Å²) < 4.78 is 4.82. The van der Waals surface area contributed by atoms with Gasteiger partial charge in [-0.2, -0.15) is 0 Å². The standard InChI is InChI=1S/C12H19ClN2O3/c1-8-9(11(13)18-14-8)5-6-10(16)15(4)7-12(2,3)17/h17H,5-7H2,1-4H3. The van der Waals surface area contributed by atoms with Crippen LogP contribution in [0.1, 0.15) is 31.5 Å². The summed E-state index contributed by atoms with van der Waals surface area (Å²) in [6, 6.07) is 0. The number of hydrogen-bond donors (Lipinski definition) is 1. The number of carbonyl (C=O) groups excluding carboxylic acids is 1. The highest BCUT2D eigenvalue weighted by molar-refractivity contribution is 6.29. The number of aliphatic hydroxyl groups is 1. The molecule has 0 fully saturated rings. The lowest BCUT2D eigenvalue weighted by Crippen LogP contribution is -2.39. The third-order valence-electron chi connectivity index (χ3n) is 2.58. The lowest BCUT2D eigenvalue weighted by atomic mass is 10.1. The molecule has 0 aliphatic carbocycles. The van der Waals surface area contributed by atoms with Gasteiger partial charge in [-0.1, -0.05) is 5.16 Å². The first kappa shape index (κ1) is 15.0. The summed E-state index contributed by atoms with van der Waals surface area (Å²) in [6.07, 6.45) is 0.803. The number of aryl methyl sites for hydroxylation is 1. The van der Waals surface area contributed by atoms with Crippen molar-refractivity contribution in [2.45, 2.75) is 39.2 Å². The number of halogens is 1. The summed E-state index contributed by atoms with van der Waals surface area (Å²) in [6.45, 7) is 5.41. The molecule has 18 heavy (non-hydrogen) atoms. The number of carbonyl (C=O) groups is 1. The molecule has 1 aromatic rings. The molecule has 6 heteroatoms. The summed E-state index contributed by atoms with van der Waals surface area (Å²) in [5.41, 5.74) is 0.578. The Labute approximate surface area is 112 Å². The van der Waals surface area contributed by atoms with Crippen LogP contribution in [0.4, 0.5) is 0 Å². The van der Waals surface area contributed by atoms with E-state index in [9.17, 15) is 9.90 Å². The van der Waals surface area contributed by atoms with Crippen LogP contribution < -0.4 is 0 Å². The van der Waals surface area contributed by atoms with Crippen molar-refractivity contribution in [1.82, 2.24) is 10.1 Å². The van der Waals surface area contributed by atoms with Crippen LogP contribution in [0.3, 0.4) is 0 Å². The normalized spacial score (nSPS) is 11.7. The van der Waals surface area contributed by atoms with Gasteiger partial charge in [0.25, 0.3) is 0 Å². The molecule has 0 saturated carbocycles. The van der Waals surface area contributed by atoms with E-state index in [0.717, 1.165) is 5.56 Å². The van der Waals surface area contributed by atoms with Crippen LogP contribution in [0, 0.1) is 6.92 Å². The predicted octanol–water partition coefficient (Wildman–Crippen LogP) is 1.80. The predicted molar refractivity (Wildman–Crippen MR) is 68.5 cm³/mol. The van der Waals surface area contributed by atoms with E-state index in [0.29, 0.717) is 25.1 Å². The lowest BCUT2D eigenvalue weighted by molar-refractivity contribution is -0.132. The number of hydrogen-bond acceptors (Lipinski definition) is 4. The first-order valence-corrected chi connectivity index (χ1v) is 6.15. The van der Waals surface area contributed by atoms with Gasteiger partial charge in [-0.25, -0.2) is 0 Å². The Morgan fingerprint density at radius 3 is 2.61 bits per heavy atom. The summed E-state index contributed by atoms with van der Waals surface area (Å²) in [5, 5.41) is 13.6. The van der Waals surface area contributed by atoms with Gasteiger partial charge in [0.05, 0.1) is 11.3 Å². The van der Waals surface area contributed by atoms with Gasteiger partial charge in [-0.15, -0.1) is 0 Å². The summed E-state index contributed by atoms with van der Waals surface area (Å²) in [4.78, 5) is 13.4. The molecular weight excluding hydrogens is 256 g/mol. The van der Waals surface area contributed by atoms with E-state index < -0.39 is 5.60 Å². The highest BCUT2D eigenvalue weighted by Crippen LogP contribution is 2.20. The number of nitrogens with zero attached hydrogens (tertiary/aromatic N) is 2. The molecular formula is C12H19ClN2O3. The maximum Gasteiger partial charge on any atom is 0.229 e. The molecule has 0 aliphatic heterocycles. The van der Waals surface area contributed by atoms with Crippen molar-refractivity contribution in [2.75, 3.05) is 13.6 Å². The number of rotatable bonds is 5. The minimum atomic E-state index is -0.894. The Morgan fingerprint density at radius 1 is 1.56 bits per heavy atom. The van der Waals surface area contributed by atoms with Gasteiger partial charge in [0.15, 0.2) is 0 Å². The molecule has 1 heterocycles. The van der Waals surface area contributed by atoms with Crippen LogP contribution in [0.2, 0.25) is 5.22 Å². The van der Waals surface area contributed by atoms with Crippen molar-refractivity contribution < 1.29 is 14.4 Å². The fraction of sp³-hybridized carbons (Fsp3) is 0.667. The Kier molecular flexibility index (Phi) is 4.76. The highest BCUT2D eigenvalue weighted by atomic mass is 35.5. The molecule has 5 nitrogen and oxygen atoms in total. The second-order valence-corrected chi connectivity index (χ2v) is 5.43. The van der Waals surface area contributed by atoms with Crippen molar-refractivity contribution in [1.29, 1.82) is 0 Å². The Balaban J connectivity index is 2.51. The summed E-state index contributed by atoms with van der Waals surface area (Å²) in [5.74, 6) is -0.0474. The second-order valence-electron chi connectivity index (χ2n) is 5.08. The van der Waals surface area contributed by atoms with Crippen molar-refractivity contribution in [3.8, 4) is 0 Å². The molecule has 0 aliphatic rings. The van der Waals surface area contributed by atoms with Crippen LogP contribution in [-0.4, -0.2) is 40.3 Å². The Hall–Kier alpha value is -1.07. The average Bonchev–Trinajstić information content (AvgIpc) is 2.53. The van der Waals surface area contributed by atoms with E-state index in [1.807, 2.05) is 0 Å². The highest BCUT2D eigenvalue weighted by Gasteiger charge is 2.20. The van der Waals surface area contributed by atoms with Crippen molar-refractivity contribution in [3.63, 3.8) is 0 Å². The van der Waals surface area contributed by atoms with Gasteiger partial charge in [0.2, 0.25) is 11.1 Å². The molecule has 0 atom stereocenters. The van der Waals surface area contributed by atoms with Crippen molar-refractivity contribution in [2.24, 2.45) is 0 Å². The van der Waals surface area contributed by atoms with Gasteiger partial charge in [-0.05, 0) is 38.8 Å². The van der Waals surface area contributed by atoms with E-state index in [1.165, 1.54) is 4.90 Å².